The Kier molecular flexibility index (Phi) is 18.1. The Labute approximate surface area is 91.8 Å². The number of thiocarbonyl (C=S) groups is 1. The fraction of sp³-hybridized carbons (Fsp3) is 0.889. The first-order valence-corrected chi connectivity index (χ1v) is 5.48. The van der Waals surface area contributed by atoms with Crippen LogP contribution in [0, 0.1) is 0 Å². The summed E-state index contributed by atoms with van der Waals surface area (Å²) in [5, 5.41) is 16.6. The number of rotatable bonds is 6. The molecule has 0 aliphatic heterocycles. The van der Waals surface area contributed by atoms with Gasteiger partial charge in [0.2, 0.25) is 0 Å². The first kappa shape index (κ1) is 15.8. The molecule has 80 valence electrons. The minimum Gasteiger partial charge on any atom is -0.396 e. The molecule has 0 amide bonds. The molecule has 0 aromatic heterocycles. The molecule has 0 spiro atoms. The van der Waals surface area contributed by atoms with Crippen molar-refractivity contribution >= 4 is 29.0 Å². The zero-order valence-electron chi connectivity index (χ0n) is 8.20. The minimum absolute atomic E-state index is 0.283. The maximum Gasteiger partial charge on any atom is 0.0445 e. The van der Waals surface area contributed by atoms with Crippen LogP contribution in [0.3, 0.4) is 0 Å². The Balaban J connectivity index is 0. The summed E-state index contributed by atoms with van der Waals surface area (Å²) < 4.78 is 0.782. The maximum atomic E-state index is 8.30. The summed E-state index contributed by atoms with van der Waals surface area (Å²) in [6, 6.07) is 0. The van der Waals surface area contributed by atoms with Crippen molar-refractivity contribution in [3.05, 3.63) is 0 Å². The third-order valence-corrected chi connectivity index (χ3v) is 1.97. The zero-order valence-corrected chi connectivity index (χ0v) is 9.91. The van der Waals surface area contributed by atoms with Crippen LogP contribution in [0.5, 0.6) is 0 Å². The highest BCUT2D eigenvalue weighted by molar-refractivity contribution is 8.11. The van der Waals surface area contributed by atoms with Gasteiger partial charge >= 0.3 is 0 Å². The Morgan fingerprint density at radius 3 is 1.54 bits per heavy atom. The van der Waals surface area contributed by atoms with Crippen LogP contribution >= 0.6 is 24.8 Å². The van der Waals surface area contributed by atoms with Crippen LogP contribution in [-0.4, -0.2) is 27.6 Å². The lowest BCUT2D eigenvalue weighted by Crippen LogP contribution is -1.85. The fourth-order valence-corrected chi connectivity index (χ4v) is 0.577. The van der Waals surface area contributed by atoms with E-state index < -0.39 is 0 Å². The van der Waals surface area contributed by atoms with Gasteiger partial charge in [-0.25, -0.2) is 0 Å². The first-order valence-electron chi connectivity index (χ1n) is 4.62. The number of aliphatic hydroxyl groups excluding tert-OH is 2. The van der Waals surface area contributed by atoms with E-state index >= 15 is 0 Å². The van der Waals surface area contributed by atoms with Crippen molar-refractivity contribution in [2.75, 3.05) is 13.2 Å². The lowest BCUT2D eigenvalue weighted by molar-refractivity contribution is 0.265. The SMILES string of the molecule is CCC(=S)S.OCCCCCCO. The Hall–Kier alpha value is 0.360. The molecular formula is C9H20O2S2. The van der Waals surface area contributed by atoms with Crippen LogP contribution in [-0.2, 0) is 0 Å². The molecule has 2 N–H and O–H groups in total. The van der Waals surface area contributed by atoms with Gasteiger partial charge in [0.05, 0.1) is 0 Å². The second kappa shape index (κ2) is 14.9. The van der Waals surface area contributed by atoms with E-state index in [-0.39, 0.29) is 13.2 Å². The van der Waals surface area contributed by atoms with Crippen molar-refractivity contribution in [3.8, 4) is 0 Å². The highest BCUT2D eigenvalue weighted by atomic mass is 32.1. The van der Waals surface area contributed by atoms with Gasteiger partial charge in [0.15, 0.2) is 0 Å². The molecule has 0 aromatic carbocycles. The van der Waals surface area contributed by atoms with E-state index in [9.17, 15) is 0 Å². The van der Waals surface area contributed by atoms with Gasteiger partial charge in [0.25, 0.3) is 0 Å². The van der Waals surface area contributed by atoms with Crippen molar-refractivity contribution in [1.29, 1.82) is 0 Å². The molecule has 0 radical (unpaired) electrons. The zero-order chi connectivity index (χ0) is 10.5. The summed E-state index contributed by atoms with van der Waals surface area (Å²) >= 11 is 8.39. The summed E-state index contributed by atoms with van der Waals surface area (Å²) in [5.74, 6) is 0. The molecule has 0 saturated carbocycles. The molecule has 2 nitrogen and oxygen atoms in total. The molecule has 0 aliphatic carbocycles. The predicted molar refractivity (Wildman–Crippen MR) is 64.5 cm³/mol. The molecule has 13 heavy (non-hydrogen) atoms. The third kappa shape index (κ3) is 24.5. The fourth-order valence-electron chi connectivity index (χ4n) is 0.577. The van der Waals surface area contributed by atoms with E-state index in [0.717, 1.165) is 36.3 Å². The molecular weight excluding hydrogens is 204 g/mol. The molecule has 0 heterocycles. The summed E-state index contributed by atoms with van der Waals surface area (Å²) in [4.78, 5) is 0. The number of hydrogen-bond donors (Lipinski definition) is 3. The second-order valence-corrected chi connectivity index (χ2v) is 3.94. The molecule has 0 bridgehead atoms. The lowest BCUT2D eigenvalue weighted by atomic mass is 10.2. The Bertz CT molecular complexity index is 102. The van der Waals surface area contributed by atoms with E-state index in [4.69, 9.17) is 10.2 Å². The van der Waals surface area contributed by atoms with Crippen molar-refractivity contribution < 1.29 is 10.2 Å². The van der Waals surface area contributed by atoms with Crippen LogP contribution in [0.15, 0.2) is 0 Å². The van der Waals surface area contributed by atoms with Gasteiger partial charge in [-0.15, -0.1) is 12.6 Å². The van der Waals surface area contributed by atoms with Crippen LogP contribution < -0.4 is 0 Å². The molecule has 4 heteroatoms. The maximum absolute atomic E-state index is 8.30. The van der Waals surface area contributed by atoms with E-state index in [2.05, 4.69) is 24.8 Å². The summed E-state index contributed by atoms with van der Waals surface area (Å²) in [5.41, 5.74) is 0. The number of hydrogen-bond acceptors (Lipinski definition) is 3. The van der Waals surface area contributed by atoms with Crippen molar-refractivity contribution in [3.63, 3.8) is 0 Å². The van der Waals surface area contributed by atoms with Crippen molar-refractivity contribution in [2.45, 2.75) is 39.0 Å². The monoisotopic (exact) mass is 224 g/mol. The summed E-state index contributed by atoms with van der Waals surface area (Å²) in [6.45, 7) is 2.55. The van der Waals surface area contributed by atoms with Gasteiger partial charge in [-0.2, -0.15) is 0 Å². The van der Waals surface area contributed by atoms with Gasteiger partial charge in [0, 0.05) is 17.4 Å². The van der Waals surface area contributed by atoms with Crippen molar-refractivity contribution in [2.24, 2.45) is 0 Å². The van der Waals surface area contributed by atoms with Crippen molar-refractivity contribution in [1.82, 2.24) is 0 Å². The van der Waals surface area contributed by atoms with Crippen LogP contribution in [0.1, 0.15) is 39.0 Å². The van der Waals surface area contributed by atoms with Gasteiger partial charge in [-0.3, -0.25) is 0 Å². The molecule has 0 rings (SSSR count). The quantitative estimate of drug-likeness (QED) is 0.368. The first-order chi connectivity index (χ1) is 6.18. The van der Waals surface area contributed by atoms with E-state index in [0.29, 0.717) is 0 Å². The number of thiol groups is 1. The normalized spacial score (nSPS) is 8.92. The van der Waals surface area contributed by atoms with Crippen LogP contribution in [0.25, 0.3) is 0 Å². The van der Waals surface area contributed by atoms with Crippen LogP contribution in [0.4, 0.5) is 0 Å². The third-order valence-electron chi connectivity index (χ3n) is 1.37. The smallest absolute Gasteiger partial charge is 0.0445 e. The molecule has 0 aliphatic rings. The van der Waals surface area contributed by atoms with E-state index in [1.54, 1.807) is 0 Å². The van der Waals surface area contributed by atoms with Crippen LogP contribution in [0.2, 0.25) is 0 Å². The standard InChI is InChI=1S/C6H14O2.C3H6S2/c7-5-3-1-2-4-6-8;1-2-3(4)5/h7-8H,1-6H2;2H2,1H3,(H,4,5). The summed E-state index contributed by atoms with van der Waals surface area (Å²) in [6.07, 6.45) is 4.73. The predicted octanol–water partition coefficient (Wildman–Crippen LogP) is 2.19. The lowest BCUT2D eigenvalue weighted by Gasteiger charge is -1.93. The largest absolute Gasteiger partial charge is 0.396 e. The molecule has 0 fully saturated rings. The average Bonchev–Trinajstić information content (AvgIpc) is 2.14. The van der Waals surface area contributed by atoms with E-state index in [1.807, 2.05) is 6.92 Å². The van der Waals surface area contributed by atoms with Gasteiger partial charge < -0.3 is 10.2 Å². The molecule has 0 saturated heterocycles. The topological polar surface area (TPSA) is 40.5 Å². The van der Waals surface area contributed by atoms with E-state index in [1.165, 1.54) is 0 Å². The number of aliphatic hydroxyl groups is 2. The molecule has 0 atom stereocenters. The molecule has 0 aromatic rings. The second-order valence-electron chi connectivity index (χ2n) is 2.61. The minimum atomic E-state index is 0.283. The molecule has 0 unspecified atom stereocenters. The Morgan fingerprint density at radius 1 is 1.08 bits per heavy atom. The van der Waals surface area contributed by atoms with Gasteiger partial charge in [0.1, 0.15) is 0 Å². The highest BCUT2D eigenvalue weighted by Gasteiger charge is 1.84. The van der Waals surface area contributed by atoms with Gasteiger partial charge in [-0.1, -0.05) is 32.0 Å². The van der Waals surface area contributed by atoms with Gasteiger partial charge in [-0.05, 0) is 19.3 Å². The summed E-state index contributed by atoms with van der Waals surface area (Å²) in [7, 11) is 0. The number of unbranched alkanes of at least 4 members (excludes halogenated alkanes) is 3. The Morgan fingerprint density at radius 2 is 1.38 bits per heavy atom. The average molecular weight is 224 g/mol. The highest BCUT2D eigenvalue weighted by Crippen LogP contribution is 1.96.